The Morgan fingerprint density at radius 3 is 2.35 bits per heavy atom. The number of benzene rings is 2. The van der Waals surface area contributed by atoms with Crippen LogP contribution < -0.4 is 0 Å². The van der Waals surface area contributed by atoms with Crippen LogP contribution in [0.3, 0.4) is 0 Å². The van der Waals surface area contributed by atoms with E-state index >= 15 is 0 Å². The Balaban J connectivity index is 1.78. The molecular formula is C22H14F4N4O5S2. The molecule has 9 nitrogen and oxygen atoms in total. The molecule has 5 aromatic rings. The summed E-state index contributed by atoms with van der Waals surface area (Å²) in [5.74, 6) is -1.19. The van der Waals surface area contributed by atoms with Gasteiger partial charge in [-0.05, 0) is 48.5 Å². The second-order valence-corrected chi connectivity index (χ2v) is 11.9. The Morgan fingerprint density at radius 1 is 1.00 bits per heavy atom. The monoisotopic (exact) mass is 554 g/mol. The average Bonchev–Trinajstić information content (AvgIpc) is 3.45. The first-order valence-corrected chi connectivity index (χ1v) is 13.6. The summed E-state index contributed by atoms with van der Waals surface area (Å²) >= 11 is 0. The normalized spacial score (nSPS) is 13.0. The van der Waals surface area contributed by atoms with Gasteiger partial charge in [0.2, 0.25) is 5.89 Å². The molecule has 0 aliphatic heterocycles. The summed E-state index contributed by atoms with van der Waals surface area (Å²) < 4.78 is 109. The van der Waals surface area contributed by atoms with Crippen molar-refractivity contribution in [1.29, 1.82) is 0 Å². The molecule has 0 unspecified atom stereocenters. The first kappa shape index (κ1) is 24.8. The Hall–Kier alpha value is -3.85. The Kier molecular flexibility index (Phi) is 5.60. The highest BCUT2D eigenvalue weighted by molar-refractivity contribution is 7.92. The third-order valence-corrected chi connectivity index (χ3v) is 8.61. The Morgan fingerprint density at radius 2 is 1.70 bits per heavy atom. The van der Waals surface area contributed by atoms with Crippen LogP contribution in [0.2, 0.25) is 0 Å². The van der Waals surface area contributed by atoms with Crippen LogP contribution >= 0.6 is 0 Å². The summed E-state index contributed by atoms with van der Waals surface area (Å²) in [6, 6.07) is 9.25. The molecule has 0 aliphatic rings. The van der Waals surface area contributed by atoms with Crippen LogP contribution in [0.4, 0.5) is 17.6 Å². The number of aromatic nitrogens is 4. The number of oxazole rings is 1. The third kappa shape index (κ3) is 4.03. The van der Waals surface area contributed by atoms with Crippen molar-refractivity contribution >= 4 is 36.4 Å². The number of halogens is 4. The van der Waals surface area contributed by atoms with Crippen LogP contribution in [0, 0.1) is 5.82 Å². The lowest BCUT2D eigenvalue weighted by molar-refractivity contribution is -0.0435. The quantitative estimate of drug-likeness (QED) is 0.292. The van der Waals surface area contributed by atoms with E-state index in [1.165, 1.54) is 48.0 Å². The zero-order valence-corrected chi connectivity index (χ0v) is 20.2. The molecule has 3 heterocycles. The predicted octanol–water partition coefficient (Wildman–Crippen LogP) is 4.43. The highest BCUT2D eigenvalue weighted by Crippen LogP contribution is 2.36. The molecule has 0 amide bonds. The van der Waals surface area contributed by atoms with Crippen molar-refractivity contribution in [3.63, 3.8) is 0 Å². The molecule has 192 valence electrons. The molecule has 2 aromatic carbocycles. The van der Waals surface area contributed by atoms with Gasteiger partial charge < -0.3 is 4.42 Å². The highest BCUT2D eigenvalue weighted by Gasteiger charge is 2.47. The van der Waals surface area contributed by atoms with Gasteiger partial charge in [-0.15, -0.1) is 0 Å². The van der Waals surface area contributed by atoms with E-state index < -0.39 is 40.9 Å². The number of hydrogen-bond donors (Lipinski definition) is 0. The molecular weight excluding hydrogens is 540 g/mol. The van der Waals surface area contributed by atoms with Crippen molar-refractivity contribution in [2.45, 2.75) is 22.4 Å². The molecule has 0 saturated heterocycles. The summed E-state index contributed by atoms with van der Waals surface area (Å²) in [4.78, 5) is 7.23. The number of sulfone groups is 2. The lowest BCUT2D eigenvalue weighted by Gasteiger charge is -2.07. The van der Waals surface area contributed by atoms with E-state index in [0.717, 1.165) is 6.07 Å². The van der Waals surface area contributed by atoms with Crippen LogP contribution in [0.1, 0.15) is 6.92 Å². The second kappa shape index (κ2) is 8.34. The van der Waals surface area contributed by atoms with E-state index in [1.807, 2.05) is 0 Å². The molecule has 0 spiro atoms. The molecule has 0 N–H and O–H groups in total. The van der Waals surface area contributed by atoms with Gasteiger partial charge in [0.1, 0.15) is 16.9 Å². The van der Waals surface area contributed by atoms with Crippen molar-refractivity contribution < 1.29 is 38.8 Å². The standard InChI is InChI=1S/C22H14F4N4O5S2/c1-2-36(31,32)21-18(19-27-10-9-16(30(19)29-21)12-3-5-13(23)6-4-12)20-28-15-11-14(7-8-17(15)35-20)37(33,34)22(24,25)26/h3-11H,2H2,1H3. The van der Waals surface area contributed by atoms with Gasteiger partial charge in [0.15, 0.2) is 26.1 Å². The number of hydrogen-bond acceptors (Lipinski definition) is 8. The van der Waals surface area contributed by atoms with Crippen LogP contribution in [0.5, 0.6) is 0 Å². The van der Waals surface area contributed by atoms with Gasteiger partial charge in [-0.3, -0.25) is 0 Å². The lowest BCUT2D eigenvalue weighted by atomic mass is 10.1. The molecule has 15 heteroatoms. The van der Waals surface area contributed by atoms with E-state index in [9.17, 15) is 34.4 Å². The minimum Gasteiger partial charge on any atom is -0.436 e. The molecule has 5 rings (SSSR count). The van der Waals surface area contributed by atoms with Gasteiger partial charge in [-0.25, -0.2) is 35.7 Å². The van der Waals surface area contributed by atoms with Gasteiger partial charge in [0.05, 0.1) is 16.3 Å². The maximum absolute atomic E-state index is 13.4. The molecule has 0 atom stereocenters. The average molecular weight is 555 g/mol. The van der Waals surface area contributed by atoms with Crippen molar-refractivity contribution in [2.24, 2.45) is 0 Å². The molecule has 3 aromatic heterocycles. The number of rotatable bonds is 5. The van der Waals surface area contributed by atoms with Gasteiger partial charge in [-0.1, -0.05) is 6.92 Å². The SMILES string of the molecule is CCS(=O)(=O)c1nn2c(-c3ccc(F)cc3)ccnc2c1-c1nc2cc(S(=O)(=O)C(F)(F)F)ccc2o1. The molecule has 0 bridgehead atoms. The zero-order valence-electron chi connectivity index (χ0n) is 18.6. The Bertz CT molecular complexity index is 1900. The topological polar surface area (TPSA) is 124 Å². The van der Waals surface area contributed by atoms with Crippen LogP contribution in [0.15, 0.2) is 69.1 Å². The minimum absolute atomic E-state index is 0.0106. The minimum atomic E-state index is -5.65. The van der Waals surface area contributed by atoms with E-state index in [2.05, 4.69) is 15.1 Å². The lowest BCUT2D eigenvalue weighted by Crippen LogP contribution is -2.23. The van der Waals surface area contributed by atoms with Crippen molar-refractivity contribution in [3.05, 3.63) is 60.5 Å². The van der Waals surface area contributed by atoms with Gasteiger partial charge in [-0.2, -0.15) is 18.3 Å². The molecule has 37 heavy (non-hydrogen) atoms. The fraction of sp³-hybridized carbons (Fsp3) is 0.136. The largest absolute Gasteiger partial charge is 0.501 e. The van der Waals surface area contributed by atoms with Crippen molar-refractivity contribution in [2.75, 3.05) is 5.75 Å². The fourth-order valence-electron chi connectivity index (χ4n) is 3.62. The highest BCUT2D eigenvalue weighted by atomic mass is 32.2. The summed E-state index contributed by atoms with van der Waals surface area (Å²) in [6.45, 7) is 1.39. The number of alkyl halides is 3. The maximum Gasteiger partial charge on any atom is 0.501 e. The summed E-state index contributed by atoms with van der Waals surface area (Å²) in [6.07, 6.45) is 1.36. The van der Waals surface area contributed by atoms with Crippen LogP contribution in [-0.2, 0) is 19.7 Å². The van der Waals surface area contributed by atoms with E-state index in [1.54, 1.807) is 0 Å². The summed E-state index contributed by atoms with van der Waals surface area (Å²) in [5, 5.41) is 3.77. The molecule has 0 saturated carbocycles. The predicted molar refractivity (Wildman–Crippen MR) is 122 cm³/mol. The van der Waals surface area contributed by atoms with Crippen molar-refractivity contribution in [1.82, 2.24) is 19.6 Å². The van der Waals surface area contributed by atoms with Gasteiger partial charge in [0, 0.05) is 11.8 Å². The van der Waals surface area contributed by atoms with Crippen LogP contribution in [0.25, 0.3) is 39.5 Å². The molecule has 0 aliphatic carbocycles. The first-order chi connectivity index (χ1) is 17.3. The fourth-order valence-corrected chi connectivity index (χ4v) is 5.37. The maximum atomic E-state index is 13.4. The molecule has 0 radical (unpaired) electrons. The Labute approximate surface area is 206 Å². The summed E-state index contributed by atoms with van der Waals surface area (Å²) in [7, 11) is -9.66. The van der Waals surface area contributed by atoms with Gasteiger partial charge in [0.25, 0.3) is 9.84 Å². The van der Waals surface area contributed by atoms with E-state index in [-0.39, 0.29) is 34.0 Å². The van der Waals surface area contributed by atoms with E-state index in [4.69, 9.17) is 4.42 Å². The smallest absolute Gasteiger partial charge is 0.436 e. The summed E-state index contributed by atoms with van der Waals surface area (Å²) in [5.41, 5.74) is -5.20. The third-order valence-electron chi connectivity index (χ3n) is 5.49. The molecule has 0 fully saturated rings. The zero-order chi connectivity index (χ0) is 26.8. The van der Waals surface area contributed by atoms with Crippen molar-refractivity contribution in [3.8, 4) is 22.7 Å². The van der Waals surface area contributed by atoms with Crippen LogP contribution in [-0.4, -0.2) is 47.7 Å². The number of nitrogens with zero attached hydrogens (tertiary/aromatic N) is 4. The second-order valence-electron chi connectivity index (χ2n) is 7.75. The van der Waals surface area contributed by atoms with Gasteiger partial charge >= 0.3 is 5.51 Å². The first-order valence-electron chi connectivity index (χ1n) is 10.4. The number of fused-ring (bicyclic) bond motifs is 2. The van der Waals surface area contributed by atoms with E-state index in [0.29, 0.717) is 23.4 Å².